The van der Waals surface area contributed by atoms with Crippen LogP contribution in [0.3, 0.4) is 0 Å². The van der Waals surface area contributed by atoms with E-state index in [1.165, 1.54) is 11.0 Å². The molecule has 0 saturated carbocycles. The van der Waals surface area contributed by atoms with Crippen LogP contribution in [0.2, 0.25) is 0 Å². The third-order valence-electron chi connectivity index (χ3n) is 5.52. The Morgan fingerprint density at radius 1 is 1.06 bits per heavy atom. The maximum Gasteiger partial charge on any atom is 0.329 e. The van der Waals surface area contributed by atoms with Gasteiger partial charge in [-0.2, -0.15) is 0 Å². The molecule has 2 saturated heterocycles. The molecule has 31 heavy (non-hydrogen) atoms. The number of anilines is 3. The van der Waals surface area contributed by atoms with Crippen LogP contribution < -0.4 is 20.4 Å². The first-order valence-electron chi connectivity index (χ1n) is 9.83. The molecule has 1 atom stereocenters. The van der Waals surface area contributed by atoms with E-state index in [1.807, 2.05) is 0 Å². The highest BCUT2D eigenvalue weighted by Crippen LogP contribution is 2.29. The van der Waals surface area contributed by atoms with Gasteiger partial charge in [0.05, 0.1) is 18.2 Å². The molecule has 0 bridgehead atoms. The molecule has 2 fully saturated rings. The van der Waals surface area contributed by atoms with Gasteiger partial charge in [-0.15, -0.1) is 0 Å². The third-order valence-corrected chi connectivity index (χ3v) is 5.52. The zero-order valence-corrected chi connectivity index (χ0v) is 17.1. The molecule has 2 aliphatic rings. The van der Waals surface area contributed by atoms with Crippen LogP contribution in [-0.2, 0) is 14.4 Å². The SMILES string of the molecule is Cc1ccc(N2CC(C(=O)Nc3ccc(C)c(N4C(=O)CNC4=O)c3)CC2=O)cc1F. The van der Waals surface area contributed by atoms with E-state index in [0.717, 1.165) is 4.90 Å². The zero-order chi connectivity index (χ0) is 22.3. The van der Waals surface area contributed by atoms with E-state index in [9.17, 15) is 23.6 Å². The van der Waals surface area contributed by atoms with E-state index in [-0.39, 0.29) is 37.2 Å². The van der Waals surface area contributed by atoms with Gasteiger partial charge < -0.3 is 15.5 Å². The number of benzene rings is 2. The number of halogens is 1. The normalized spacial score (nSPS) is 18.5. The fourth-order valence-corrected chi connectivity index (χ4v) is 3.72. The molecule has 2 aromatic rings. The number of nitrogens with zero attached hydrogens (tertiary/aromatic N) is 2. The van der Waals surface area contributed by atoms with E-state index in [1.54, 1.807) is 44.2 Å². The number of imide groups is 1. The number of carbonyl (C=O) groups is 4. The Morgan fingerprint density at radius 2 is 1.81 bits per heavy atom. The first-order chi connectivity index (χ1) is 14.7. The van der Waals surface area contributed by atoms with Crippen LogP contribution in [0.5, 0.6) is 0 Å². The van der Waals surface area contributed by atoms with Crippen LogP contribution in [0.1, 0.15) is 17.5 Å². The minimum absolute atomic E-state index is 0.00701. The van der Waals surface area contributed by atoms with Crippen LogP contribution >= 0.6 is 0 Å². The fraction of sp³-hybridized carbons (Fsp3) is 0.273. The Hall–Kier alpha value is -3.75. The number of aryl methyl sites for hydroxylation is 2. The Morgan fingerprint density at radius 3 is 2.48 bits per heavy atom. The molecule has 2 aromatic carbocycles. The second kappa shape index (κ2) is 7.82. The van der Waals surface area contributed by atoms with Gasteiger partial charge in [-0.05, 0) is 49.2 Å². The topological polar surface area (TPSA) is 98.8 Å². The molecular weight excluding hydrogens is 403 g/mol. The average Bonchev–Trinajstić information content (AvgIpc) is 3.28. The maximum atomic E-state index is 13.9. The van der Waals surface area contributed by atoms with Crippen LogP contribution in [0.4, 0.5) is 26.2 Å². The van der Waals surface area contributed by atoms with Crippen molar-refractivity contribution in [2.75, 3.05) is 28.2 Å². The quantitative estimate of drug-likeness (QED) is 0.737. The molecule has 0 spiro atoms. The highest BCUT2D eigenvalue weighted by molar-refractivity contribution is 6.20. The Labute approximate surface area is 178 Å². The first kappa shape index (κ1) is 20.5. The molecule has 1 unspecified atom stereocenters. The second-order valence-corrected chi connectivity index (χ2v) is 7.72. The molecule has 2 aliphatic heterocycles. The van der Waals surface area contributed by atoms with Crippen molar-refractivity contribution in [2.24, 2.45) is 5.92 Å². The second-order valence-electron chi connectivity index (χ2n) is 7.72. The summed E-state index contributed by atoms with van der Waals surface area (Å²) in [6, 6.07) is 8.94. The number of hydrogen-bond donors (Lipinski definition) is 2. The highest BCUT2D eigenvalue weighted by Gasteiger charge is 2.36. The number of hydrogen-bond acceptors (Lipinski definition) is 4. The molecule has 5 amide bonds. The summed E-state index contributed by atoms with van der Waals surface area (Å²) in [5, 5.41) is 5.22. The molecule has 9 heteroatoms. The van der Waals surface area contributed by atoms with Crippen LogP contribution in [0.15, 0.2) is 36.4 Å². The summed E-state index contributed by atoms with van der Waals surface area (Å²) in [6.45, 7) is 3.46. The standard InChI is InChI=1S/C22H21FN4O4/c1-12-4-6-16(9-17(12)23)26-11-14(7-19(26)28)21(30)25-15-5-3-13(2)18(8-15)27-20(29)10-24-22(27)31/h3-6,8-9,14H,7,10-11H2,1-2H3,(H,24,31)(H,25,30). The maximum absolute atomic E-state index is 13.9. The lowest BCUT2D eigenvalue weighted by atomic mass is 10.1. The van der Waals surface area contributed by atoms with Crippen molar-refractivity contribution < 1.29 is 23.6 Å². The van der Waals surface area contributed by atoms with E-state index in [4.69, 9.17) is 0 Å². The Bertz CT molecular complexity index is 1100. The van der Waals surface area contributed by atoms with Gasteiger partial charge in [-0.25, -0.2) is 14.1 Å². The predicted octanol–water partition coefficient (Wildman–Crippen LogP) is 2.49. The van der Waals surface area contributed by atoms with Crippen molar-refractivity contribution in [3.05, 3.63) is 53.3 Å². The molecule has 0 aliphatic carbocycles. The van der Waals surface area contributed by atoms with Gasteiger partial charge in [0.15, 0.2) is 0 Å². The molecule has 2 N–H and O–H groups in total. The van der Waals surface area contributed by atoms with Gasteiger partial charge in [0.1, 0.15) is 5.82 Å². The van der Waals surface area contributed by atoms with E-state index < -0.39 is 17.8 Å². The Kier molecular flexibility index (Phi) is 5.18. The molecule has 8 nitrogen and oxygen atoms in total. The minimum Gasteiger partial charge on any atom is -0.328 e. The fourth-order valence-electron chi connectivity index (χ4n) is 3.72. The lowest BCUT2D eigenvalue weighted by Gasteiger charge is -2.18. The molecule has 160 valence electrons. The average molecular weight is 424 g/mol. The monoisotopic (exact) mass is 424 g/mol. The number of rotatable bonds is 4. The van der Waals surface area contributed by atoms with Crippen molar-refractivity contribution >= 4 is 40.8 Å². The van der Waals surface area contributed by atoms with Gasteiger partial charge in [-0.1, -0.05) is 12.1 Å². The molecular formula is C22H21FN4O4. The Balaban J connectivity index is 1.49. The summed E-state index contributed by atoms with van der Waals surface area (Å²) in [6.07, 6.45) is 0.00701. The van der Waals surface area contributed by atoms with Crippen LogP contribution in [0.25, 0.3) is 0 Å². The lowest BCUT2D eigenvalue weighted by molar-refractivity contribution is -0.122. The molecule has 0 radical (unpaired) electrons. The summed E-state index contributed by atoms with van der Waals surface area (Å²) in [7, 11) is 0. The molecule has 4 rings (SSSR count). The first-order valence-corrected chi connectivity index (χ1v) is 9.83. The van der Waals surface area contributed by atoms with Crippen molar-refractivity contribution in [1.82, 2.24) is 5.32 Å². The van der Waals surface area contributed by atoms with E-state index in [2.05, 4.69) is 10.6 Å². The number of amides is 5. The predicted molar refractivity (Wildman–Crippen MR) is 112 cm³/mol. The third kappa shape index (κ3) is 3.86. The van der Waals surface area contributed by atoms with Crippen LogP contribution in [0, 0.1) is 25.6 Å². The van der Waals surface area contributed by atoms with Crippen molar-refractivity contribution in [2.45, 2.75) is 20.3 Å². The minimum atomic E-state index is -0.613. The van der Waals surface area contributed by atoms with Gasteiger partial charge in [0.25, 0.3) is 5.91 Å². The van der Waals surface area contributed by atoms with Crippen molar-refractivity contribution in [3.8, 4) is 0 Å². The van der Waals surface area contributed by atoms with Gasteiger partial charge >= 0.3 is 6.03 Å². The molecule has 0 aromatic heterocycles. The summed E-state index contributed by atoms with van der Waals surface area (Å²) in [4.78, 5) is 51.6. The summed E-state index contributed by atoms with van der Waals surface area (Å²) < 4.78 is 13.9. The van der Waals surface area contributed by atoms with Crippen LogP contribution in [-0.4, -0.2) is 36.8 Å². The number of urea groups is 1. The lowest BCUT2D eigenvalue weighted by Crippen LogP contribution is -2.31. The van der Waals surface area contributed by atoms with Crippen molar-refractivity contribution in [3.63, 3.8) is 0 Å². The number of carbonyl (C=O) groups excluding carboxylic acids is 4. The van der Waals surface area contributed by atoms with E-state index >= 15 is 0 Å². The largest absolute Gasteiger partial charge is 0.329 e. The summed E-state index contributed by atoms with van der Waals surface area (Å²) in [5.74, 6) is -2.02. The number of nitrogens with one attached hydrogen (secondary N) is 2. The van der Waals surface area contributed by atoms with Crippen molar-refractivity contribution in [1.29, 1.82) is 0 Å². The van der Waals surface area contributed by atoms with E-state index in [0.29, 0.717) is 28.2 Å². The highest BCUT2D eigenvalue weighted by atomic mass is 19.1. The zero-order valence-electron chi connectivity index (χ0n) is 17.1. The summed E-state index contributed by atoms with van der Waals surface area (Å²) in [5.41, 5.74) is 2.39. The van der Waals surface area contributed by atoms with Gasteiger partial charge in [0.2, 0.25) is 11.8 Å². The van der Waals surface area contributed by atoms with Gasteiger partial charge in [0, 0.05) is 24.3 Å². The smallest absolute Gasteiger partial charge is 0.328 e. The summed E-state index contributed by atoms with van der Waals surface area (Å²) >= 11 is 0. The van der Waals surface area contributed by atoms with Gasteiger partial charge in [-0.3, -0.25) is 14.4 Å². The molecule has 2 heterocycles.